The van der Waals surface area contributed by atoms with Crippen molar-refractivity contribution in [2.45, 2.75) is 26.8 Å². The Labute approximate surface area is 146 Å². The van der Waals surface area contributed by atoms with Crippen LogP contribution in [0.25, 0.3) is 11.0 Å². The third-order valence-electron chi connectivity index (χ3n) is 4.24. The average Bonchev–Trinajstić information content (AvgIpc) is 2.94. The minimum Gasteiger partial charge on any atom is -0.352 e. The van der Waals surface area contributed by atoms with Crippen LogP contribution >= 0.6 is 0 Å². The molecule has 0 radical (unpaired) electrons. The molecule has 0 saturated carbocycles. The number of para-hydroxylation sites is 2. The van der Waals surface area contributed by atoms with Crippen LogP contribution in [0.2, 0.25) is 0 Å². The minimum absolute atomic E-state index is 0.00473. The number of carbonyl (C=O) groups is 2. The van der Waals surface area contributed by atoms with Crippen molar-refractivity contribution in [2.24, 2.45) is 0 Å². The molecule has 0 atom stereocenters. The van der Waals surface area contributed by atoms with Crippen LogP contribution in [0.4, 0.5) is 0 Å². The fourth-order valence-corrected chi connectivity index (χ4v) is 2.88. The standard InChI is InChI=1S/C20H21N3O2/c1-14(24)16-8-10-17(11-9-16)20(25)21-12-5-13-23-15(2)22-18-6-3-4-7-19(18)23/h3-4,6-11H,5,12-13H2,1-2H3,(H,21,25). The van der Waals surface area contributed by atoms with E-state index in [-0.39, 0.29) is 11.7 Å². The van der Waals surface area contributed by atoms with Crippen LogP contribution in [0.15, 0.2) is 48.5 Å². The third kappa shape index (κ3) is 3.76. The Kier molecular flexibility index (Phi) is 4.93. The van der Waals surface area contributed by atoms with E-state index in [9.17, 15) is 9.59 Å². The summed E-state index contributed by atoms with van der Waals surface area (Å²) in [6, 6.07) is 14.8. The SMILES string of the molecule is CC(=O)c1ccc(C(=O)NCCCn2c(C)nc3ccccc32)cc1. The fraction of sp³-hybridized carbons (Fsp3) is 0.250. The number of aryl methyl sites for hydroxylation is 2. The Morgan fingerprint density at radius 3 is 2.44 bits per heavy atom. The smallest absolute Gasteiger partial charge is 0.251 e. The minimum atomic E-state index is -0.123. The van der Waals surface area contributed by atoms with Gasteiger partial charge in [-0.1, -0.05) is 24.3 Å². The first-order chi connectivity index (χ1) is 12.1. The zero-order valence-electron chi connectivity index (χ0n) is 14.5. The third-order valence-corrected chi connectivity index (χ3v) is 4.24. The average molecular weight is 335 g/mol. The maximum atomic E-state index is 12.2. The molecule has 1 N–H and O–H groups in total. The van der Waals surface area contributed by atoms with Gasteiger partial charge in [0.05, 0.1) is 11.0 Å². The molecule has 0 aliphatic rings. The first kappa shape index (κ1) is 16.9. The van der Waals surface area contributed by atoms with Crippen LogP contribution in [-0.2, 0) is 6.54 Å². The summed E-state index contributed by atoms with van der Waals surface area (Å²) >= 11 is 0. The van der Waals surface area contributed by atoms with Gasteiger partial charge in [-0.2, -0.15) is 0 Å². The molecule has 3 rings (SSSR count). The van der Waals surface area contributed by atoms with Gasteiger partial charge in [0.1, 0.15) is 5.82 Å². The van der Waals surface area contributed by atoms with Crippen LogP contribution in [0.3, 0.4) is 0 Å². The highest BCUT2D eigenvalue weighted by atomic mass is 16.1. The summed E-state index contributed by atoms with van der Waals surface area (Å²) < 4.78 is 2.17. The van der Waals surface area contributed by atoms with Crippen LogP contribution in [-0.4, -0.2) is 27.8 Å². The van der Waals surface area contributed by atoms with E-state index in [4.69, 9.17) is 0 Å². The predicted molar refractivity (Wildman–Crippen MR) is 97.9 cm³/mol. The van der Waals surface area contributed by atoms with E-state index in [1.54, 1.807) is 24.3 Å². The number of nitrogens with zero attached hydrogens (tertiary/aromatic N) is 2. The van der Waals surface area contributed by atoms with Crippen LogP contribution in [0, 0.1) is 6.92 Å². The lowest BCUT2D eigenvalue weighted by Crippen LogP contribution is -2.25. The van der Waals surface area contributed by atoms with Crippen molar-refractivity contribution in [3.05, 3.63) is 65.5 Å². The molecule has 0 spiro atoms. The van der Waals surface area contributed by atoms with Crippen molar-refractivity contribution >= 4 is 22.7 Å². The zero-order chi connectivity index (χ0) is 17.8. The van der Waals surface area contributed by atoms with E-state index in [1.807, 2.05) is 25.1 Å². The predicted octanol–water partition coefficient (Wildman–Crippen LogP) is 3.37. The number of imidazole rings is 1. The van der Waals surface area contributed by atoms with Gasteiger partial charge in [-0.3, -0.25) is 9.59 Å². The molecule has 0 aliphatic heterocycles. The van der Waals surface area contributed by atoms with E-state index in [0.29, 0.717) is 17.7 Å². The van der Waals surface area contributed by atoms with Gasteiger partial charge in [0, 0.05) is 24.2 Å². The molecule has 0 unspecified atom stereocenters. The summed E-state index contributed by atoms with van der Waals surface area (Å²) in [4.78, 5) is 28.0. The highest BCUT2D eigenvalue weighted by molar-refractivity contribution is 5.97. The molecule has 1 amide bonds. The van der Waals surface area contributed by atoms with Crippen molar-refractivity contribution in [1.29, 1.82) is 0 Å². The molecule has 0 saturated heterocycles. The molecular formula is C20H21N3O2. The highest BCUT2D eigenvalue weighted by Gasteiger charge is 2.08. The Bertz CT molecular complexity index is 910. The summed E-state index contributed by atoms with van der Waals surface area (Å²) in [5.41, 5.74) is 3.29. The van der Waals surface area contributed by atoms with Crippen molar-refractivity contribution in [1.82, 2.24) is 14.9 Å². The summed E-state index contributed by atoms with van der Waals surface area (Å²) in [5.74, 6) is 0.851. The number of carbonyl (C=O) groups excluding carboxylic acids is 2. The summed E-state index contributed by atoms with van der Waals surface area (Å²) in [7, 11) is 0. The first-order valence-corrected chi connectivity index (χ1v) is 8.37. The van der Waals surface area contributed by atoms with Gasteiger partial charge in [0.25, 0.3) is 5.91 Å². The Morgan fingerprint density at radius 1 is 1.04 bits per heavy atom. The number of hydrogen-bond donors (Lipinski definition) is 1. The van der Waals surface area contributed by atoms with Gasteiger partial charge in [-0.25, -0.2) is 4.98 Å². The summed E-state index contributed by atoms with van der Waals surface area (Å²) in [6.07, 6.45) is 0.818. The topological polar surface area (TPSA) is 64.0 Å². The lowest BCUT2D eigenvalue weighted by Gasteiger charge is -2.08. The monoisotopic (exact) mass is 335 g/mol. The second kappa shape index (κ2) is 7.30. The number of ketones is 1. The van der Waals surface area contributed by atoms with Gasteiger partial charge in [0.2, 0.25) is 0 Å². The van der Waals surface area contributed by atoms with E-state index >= 15 is 0 Å². The zero-order valence-corrected chi connectivity index (χ0v) is 14.5. The van der Waals surface area contributed by atoms with Crippen molar-refractivity contribution in [3.63, 3.8) is 0 Å². The summed E-state index contributed by atoms with van der Waals surface area (Å²) in [5, 5.41) is 2.92. The molecule has 1 aromatic heterocycles. The Morgan fingerprint density at radius 2 is 1.72 bits per heavy atom. The second-order valence-corrected chi connectivity index (χ2v) is 6.04. The van der Waals surface area contributed by atoms with Crippen molar-refractivity contribution < 1.29 is 9.59 Å². The maximum Gasteiger partial charge on any atom is 0.251 e. The molecule has 3 aromatic rings. The van der Waals surface area contributed by atoms with Gasteiger partial charge in [-0.15, -0.1) is 0 Å². The quantitative estimate of drug-likeness (QED) is 0.555. The molecule has 0 aliphatic carbocycles. The largest absolute Gasteiger partial charge is 0.352 e. The second-order valence-electron chi connectivity index (χ2n) is 6.04. The number of rotatable bonds is 6. The summed E-state index contributed by atoms with van der Waals surface area (Å²) in [6.45, 7) is 4.89. The molecule has 1 heterocycles. The number of Topliss-reactive ketones (excluding diaryl/α,β-unsaturated/α-hetero) is 1. The fourth-order valence-electron chi connectivity index (χ4n) is 2.88. The number of benzene rings is 2. The van der Waals surface area contributed by atoms with Crippen LogP contribution in [0.1, 0.15) is 39.9 Å². The van der Waals surface area contributed by atoms with Gasteiger partial charge < -0.3 is 9.88 Å². The molecule has 5 heteroatoms. The van der Waals surface area contributed by atoms with E-state index < -0.39 is 0 Å². The van der Waals surface area contributed by atoms with Crippen molar-refractivity contribution in [2.75, 3.05) is 6.54 Å². The van der Waals surface area contributed by atoms with E-state index in [2.05, 4.69) is 20.9 Å². The number of hydrogen-bond acceptors (Lipinski definition) is 3. The lowest BCUT2D eigenvalue weighted by atomic mass is 10.1. The first-order valence-electron chi connectivity index (χ1n) is 8.37. The van der Waals surface area contributed by atoms with Gasteiger partial charge in [-0.05, 0) is 44.5 Å². The molecule has 2 aromatic carbocycles. The molecular weight excluding hydrogens is 314 g/mol. The highest BCUT2D eigenvalue weighted by Crippen LogP contribution is 2.15. The Balaban J connectivity index is 1.55. The van der Waals surface area contributed by atoms with Gasteiger partial charge >= 0.3 is 0 Å². The molecule has 25 heavy (non-hydrogen) atoms. The number of nitrogens with one attached hydrogen (secondary N) is 1. The molecule has 0 fully saturated rings. The Hall–Kier alpha value is -2.95. The van der Waals surface area contributed by atoms with Crippen molar-refractivity contribution in [3.8, 4) is 0 Å². The molecule has 128 valence electrons. The van der Waals surface area contributed by atoms with Gasteiger partial charge in [0.15, 0.2) is 5.78 Å². The maximum absolute atomic E-state index is 12.2. The number of fused-ring (bicyclic) bond motifs is 1. The van der Waals surface area contributed by atoms with E-state index in [0.717, 1.165) is 29.8 Å². The normalized spacial score (nSPS) is 10.8. The molecule has 0 bridgehead atoms. The number of aromatic nitrogens is 2. The molecule has 5 nitrogen and oxygen atoms in total. The number of amides is 1. The van der Waals surface area contributed by atoms with Crippen LogP contribution < -0.4 is 5.32 Å². The van der Waals surface area contributed by atoms with E-state index in [1.165, 1.54) is 6.92 Å². The lowest BCUT2D eigenvalue weighted by molar-refractivity contribution is 0.0950. The van der Waals surface area contributed by atoms with Crippen LogP contribution in [0.5, 0.6) is 0 Å².